The van der Waals surface area contributed by atoms with Gasteiger partial charge in [-0.15, -0.1) is 0 Å². The normalized spacial score (nSPS) is 16.3. The van der Waals surface area contributed by atoms with Crippen LogP contribution in [-0.4, -0.2) is 18.2 Å². The zero-order valence-electron chi connectivity index (χ0n) is 12.2. The number of halogens is 1. The number of nitrogens with zero attached hydrogens (tertiary/aromatic N) is 1. The first-order valence-electron chi connectivity index (χ1n) is 6.81. The molecule has 4 nitrogen and oxygen atoms in total. The molecule has 116 valence electrons. The number of carbonyl (C=O) groups excluding carboxylic acids is 1. The fraction of sp³-hybridized carbons (Fsp3) is 0.0588. The summed E-state index contributed by atoms with van der Waals surface area (Å²) in [6.45, 7) is 0. The molecular formula is C17H13ClN2O2S. The van der Waals surface area contributed by atoms with Gasteiger partial charge in [-0.1, -0.05) is 29.8 Å². The van der Waals surface area contributed by atoms with Crippen LogP contribution in [0.5, 0.6) is 5.75 Å². The van der Waals surface area contributed by atoms with Gasteiger partial charge in [-0.25, -0.2) is 0 Å². The summed E-state index contributed by atoms with van der Waals surface area (Å²) in [7, 11) is 1.59. The van der Waals surface area contributed by atoms with Gasteiger partial charge in [0.05, 0.1) is 17.7 Å². The third-order valence-corrected chi connectivity index (χ3v) is 4.47. The molecule has 1 saturated heterocycles. The lowest BCUT2D eigenvalue weighted by Crippen LogP contribution is -2.27. The third kappa shape index (κ3) is 3.11. The van der Waals surface area contributed by atoms with Crippen LogP contribution in [0.15, 0.2) is 53.4 Å². The van der Waals surface area contributed by atoms with E-state index in [4.69, 9.17) is 21.7 Å². The zero-order chi connectivity index (χ0) is 16.4. The number of rotatable bonds is 3. The van der Waals surface area contributed by atoms with Gasteiger partial charge in [0.2, 0.25) is 0 Å². The first-order valence-corrected chi connectivity index (χ1v) is 8.01. The van der Waals surface area contributed by atoms with E-state index in [0.717, 1.165) is 17.3 Å². The predicted octanol–water partition coefficient (Wildman–Crippen LogP) is 4.40. The van der Waals surface area contributed by atoms with Crippen molar-refractivity contribution >= 4 is 46.2 Å². The van der Waals surface area contributed by atoms with Crippen LogP contribution in [-0.2, 0) is 4.79 Å². The SMILES string of the molecule is COc1ccccc1/C=C1\SC(=N)N(c2ccc(Cl)cc2)C1=O. The van der Waals surface area contributed by atoms with Crippen LogP contribution in [0.25, 0.3) is 6.08 Å². The van der Waals surface area contributed by atoms with Crippen molar-refractivity contribution in [1.29, 1.82) is 5.41 Å². The van der Waals surface area contributed by atoms with E-state index < -0.39 is 0 Å². The highest BCUT2D eigenvalue weighted by atomic mass is 35.5. The number of hydrogen-bond acceptors (Lipinski definition) is 4. The van der Waals surface area contributed by atoms with Crippen molar-refractivity contribution in [3.8, 4) is 5.75 Å². The number of benzene rings is 2. The molecule has 0 saturated carbocycles. The Morgan fingerprint density at radius 2 is 1.87 bits per heavy atom. The Hall–Kier alpha value is -2.24. The number of carbonyl (C=O) groups is 1. The average molecular weight is 345 g/mol. The van der Waals surface area contributed by atoms with Crippen LogP contribution in [0.3, 0.4) is 0 Å². The summed E-state index contributed by atoms with van der Waals surface area (Å²) in [4.78, 5) is 14.5. The van der Waals surface area contributed by atoms with Crippen molar-refractivity contribution in [2.24, 2.45) is 0 Å². The Bertz CT molecular complexity index is 802. The molecule has 1 aliphatic heterocycles. The summed E-state index contributed by atoms with van der Waals surface area (Å²) in [5.41, 5.74) is 1.43. The van der Waals surface area contributed by atoms with Crippen LogP contribution in [0.4, 0.5) is 5.69 Å². The lowest BCUT2D eigenvalue weighted by Gasteiger charge is -2.14. The van der Waals surface area contributed by atoms with Crippen LogP contribution in [0.1, 0.15) is 5.56 Å². The monoisotopic (exact) mass is 344 g/mol. The van der Waals surface area contributed by atoms with Crippen molar-refractivity contribution in [3.05, 3.63) is 64.0 Å². The largest absolute Gasteiger partial charge is 0.496 e. The zero-order valence-corrected chi connectivity index (χ0v) is 13.8. The van der Waals surface area contributed by atoms with Gasteiger partial charge in [0.15, 0.2) is 5.17 Å². The molecule has 1 fully saturated rings. The topological polar surface area (TPSA) is 53.4 Å². The fourth-order valence-corrected chi connectivity index (χ4v) is 3.22. The Balaban J connectivity index is 1.95. The molecule has 1 aliphatic rings. The number of amides is 1. The van der Waals surface area contributed by atoms with Crippen molar-refractivity contribution in [2.45, 2.75) is 0 Å². The molecule has 3 rings (SSSR count). The summed E-state index contributed by atoms with van der Waals surface area (Å²) in [5.74, 6) is 0.457. The summed E-state index contributed by atoms with van der Waals surface area (Å²) in [5, 5.41) is 8.84. The van der Waals surface area contributed by atoms with E-state index in [0.29, 0.717) is 21.4 Å². The number of nitrogens with one attached hydrogen (secondary N) is 1. The molecule has 0 aromatic heterocycles. The molecule has 0 radical (unpaired) electrons. The summed E-state index contributed by atoms with van der Waals surface area (Å²) in [6, 6.07) is 14.3. The predicted molar refractivity (Wildman–Crippen MR) is 95.2 cm³/mol. The van der Waals surface area contributed by atoms with Gasteiger partial charge in [-0.3, -0.25) is 15.1 Å². The van der Waals surface area contributed by atoms with E-state index in [1.54, 1.807) is 37.5 Å². The second kappa shape index (κ2) is 6.48. The van der Waals surface area contributed by atoms with Gasteiger partial charge in [-0.2, -0.15) is 0 Å². The number of para-hydroxylation sites is 1. The van der Waals surface area contributed by atoms with Gasteiger partial charge in [0.25, 0.3) is 5.91 Å². The van der Waals surface area contributed by atoms with E-state index >= 15 is 0 Å². The fourth-order valence-electron chi connectivity index (χ4n) is 2.24. The number of hydrogen-bond donors (Lipinski definition) is 1. The highest BCUT2D eigenvalue weighted by molar-refractivity contribution is 8.19. The van der Waals surface area contributed by atoms with E-state index in [9.17, 15) is 4.79 Å². The average Bonchev–Trinajstić information content (AvgIpc) is 2.83. The number of thioether (sulfide) groups is 1. The van der Waals surface area contributed by atoms with E-state index in [1.807, 2.05) is 24.3 Å². The Morgan fingerprint density at radius 1 is 1.17 bits per heavy atom. The van der Waals surface area contributed by atoms with Crippen molar-refractivity contribution in [1.82, 2.24) is 0 Å². The Kier molecular flexibility index (Phi) is 4.41. The second-order valence-corrected chi connectivity index (χ2v) is 6.24. The maximum atomic E-state index is 12.6. The third-order valence-electron chi connectivity index (χ3n) is 3.33. The number of amidine groups is 1. The van der Waals surface area contributed by atoms with Gasteiger partial charge in [-0.05, 0) is 48.2 Å². The quantitative estimate of drug-likeness (QED) is 0.839. The first-order chi connectivity index (χ1) is 11.1. The van der Waals surface area contributed by atoms with Crippen LogP contribution in [0, 0.1) is 5.41 Å². The molecule has 0 spiro atoms. The Morgan fingerprint density at radius 3 is 2.57 bits per heavy atom. The van der Waals surface area contributed by atoms with E-state index in [2.05, 4.69) is 0 Å². The highest BCUT2D eigenvalue weighted by Crippen LogP contribution is 2.36. The maximum absolute atomic E-state index is 12.6. The molecule has 2 aromatic rings. The first kappa shape index (κ1) is 15.6. The minimum atomic E-state index is -0.228. The molecule has 1 heterocycles. The van der Waals surface area contributed by atoms with Gasteiger partial charge in [0, 0.05) is 10.6 Å². The van der Waals surface area contributed by atoms with Crippen LogP contribution >= 0.6 is 23.4 Å². The van der Waals surface area contributed by atoms with Gasteiger partial charge >= 0.3 is 0 Å². The summed E-state index contributed by atoms with van der Waals surface area (Å²) >= 11 is 7.00. The molecule has 1 N–H and O–H groups in total. The lowest BCUT2D eigenvalue weighted by molar-refractivity contribution is -0.113. The van der Waals surface area contributed by atoms with Gasteiger partial charge < -0.3 is 4.74 Å². The minimum Gasteiger partial charge on any atom is -0.496 e. The molecule has 0 atom stereocenters. The van der Waals surface area contributed by atoms with Gasteiger partial charge in [0.1, 0.15) is 5.75 Å². The smallest absolute Gasteiger partial charge is 0.271 e. The minimum absolute atomic E-state index is 0.165. The molecule has 0 bridgehead atoms. The number of ether oxygens (including phenoxy) is 1. The van der Waals surface area contributed by atoms with E-state index in [-0.39, 0.29) is 11.1 Å². The Labute approximate surface area is 143 Å². The van der Waals surface area contributed by atoms with E-state index in [1.165, 1.54) is 4.90 Å². The lowest BCUT2D eigenvalue weighted by atomic mass is 10.2. The summed E-state index contributed by atoms with van der Waals surface area (Å²) < 4.78 is 5.30. The summed E-state index contributed by atoms with van der Waals surface area (Å²) in [6.07, 6.45) is 1.75. The maximum Gasteiger partial charge on any atom is 0.271 e. The van der Waals surface area contributed by atoms with Crippen LogP contribution < -0.4 is 9.64 Å². The second-order valence-electron chi connectivity index (χ2n) is 4.77. The molecule has 0 aliphatic carbocycles. The molecule has 0 unspecified atom stereocenters. The molecule has 1 amide bonds. The van der Waals surface area contributed by atoms with Crippen LogP contribution in [0.2, 0.25) is 5.02 Å². The van der Waals surface area contributed by atoms with Crippen molar-refractivity contribution in [2.75, 3.05) is 12.0 Å². The molecule has 2 aromatic carbocycles. The number of anilines is 1. The molecular weight excluding hydrogens is 332 g/mol. The number of methoxy groups -OCH3 is 1. The van der Waals surface area contributed by atoms with Crippen molar-refractivity contribution in [3.63, 3.8) is 0 Å². The molecule has 23 heavy (non-hydrogen) atoms. The van der Waals surface area contributed by atoms with Crippen molar-refractivity contribution < 1.29 is 9.53 Å². The highest BCUT2D eigenvalue weighted by Gasteiger charge is 2.33. The molecule has 6 heteroatoms. The standard InChI is InChI=1S/C17H13ClN2O2S/c1-22-14-5-3-2-4-11(14)10-15-16(21)20(17(19)23-15)13-8-6-12(18)7-9-13/h2-10,19H,1H3/b15-10-,19-17?.